The molecular weight excluding hydrogens is 390 g/mol. The average molecular weight is 406 g/mol. The molecule has 0 saturated carbocycles. The summed E-state index contributed by atoms with van der Waals surface area (Å²) in [7, 11) is 0. The number of amides is 1. The zero-order chi connectivity index (χ0) is 18.2. The lowest BCUT2D eigenvalue weighted by Crippen LogP contribution is -2.24. The number of hydrazone groups is 1. The monoisotopic (exact) mass is 405 g/mol. The van der Waals surface area contributed by atoms with Crippen LogP contribution in [-0.4, -0.2) is 23.7 Å². The van der Waals surface area contributed by atoms with Crippen LogP contribution < -0.4 is 10.2 Å². The second kappa shape index (κ2) is 8.93. The quantitative estimate of drug-likeness (QED) is 0.433. The SMILES string of the molecule is CCc1ccc(OCC(=O)N/N=C/c2ccc([N+](=O)[O-])cc2)c(Br)c1. The van der Waals surface area contributed by atoms with Crippen LogP contribution in [0.1, 0.15) is 18.1 Å². The van der Waals surface area contributed by atoms with Crippen molar-refractivity contribution in [3.05, 3.63) is 68.2 Å². The molecule has 130 valence electrons. The van der Waals surface area contributed by atoms with Crippen molar-refractivity contribution in [3.8, 4) is 5.75 Å². The van der Waals surface area contributed by atoms with Crippen LogP contribution in [0.4, 0.5) is 5.69 Å². The number of aryl methyl sites for hydroxylation is 1. The van der Waals surface area contributed by atoms with Gasteiger partial charge in [-0.2, -0.15) is 5.10 Å². The first-order valence-electron chi connectivity index (χ1n) is 7.47. The van der Waals surface area contributed by atoms with Gasteiger partial charge in [-0.05, 0) is 57.7 Å². The molecule has 1 amide bonds. The van der Waals surface area contributed by atoms with E-state index in [-0.39, 0.29) is 12.3 Å². The van der Waals surface area contributed by atoms with Crippen molar-refractivity contribution >= 4 is 33.7 Å². The molecule has 25 heavy (non-hydrogen) atoms. The molecule has 0 aromatic heterocycles. The largest absolute Gasteiger partial charge is 0.483 e. The van der Waals surface area contributed by atoms with Crippen LogP contribution in [0, 0.1) is 10.1 Å². The van der Waals surface area contributed by atoms with Gasteiger partial charge in [0.15, 0.2) is 6.61 Å². The minimum atomic E-state index is -0.481. The van der Waals surface area contributed by atoms with Gasteiger partial charge in [0.1, 0.15) is 5.75 Å². The predicted molar refractivity (Wildman–Crippen MR) is 97.8 cm³/mol. The Hall–Kier alpha value is -2.74. The summed E-state index contributed by atoms with van der Waals surface area (Å²) in [6.45, 7) is 1.88. The van der Waals surface area contributed by atoms with Crippen molar-refractivity contribution in [1.82, 2.24) is 5.43 Å². The van der Waals surface area contributed by atoms with Gasteiger partial charge < -0.3 is 4.74 Å². The van der Waals surface area contributed by atoms with E-state index in [0.29, 0.717) is 11.3 Å². The van der Waals surface area contributed by atoms with E-state index < -0.39 is 10.8 Å². The van der Waals surface area contributed by atoms with Crippen molar-refractivity contribution in [2.45, 2.75) is 13.3 Å². The van der Waals surface area contributed by atoms with Crippen LogP contribution in [0.25, 0.3) is 0 Å². The van der Waals surface area contributed by atoms with Crippen molar-refractivity contribution in [2.75, 3.05) is 6.61 Å². The highest BCUT2D eigenvalue weighted by molar-refractivity contribution is 9.10. The Bertz CT molecular complexity index is 791. The lowest BCUT2D eigenvalue weighted by molar-refractivity contribution is -0.384. The highest BCUT2D eigenvalue weighted by atomic mass is 79.9. The Morgan fingerprint density at radius 1 is 1.32 bits per heavy atom. The normalized spacial score (nSPS) is 10.6. The summed E-state index contributed by atoms with van der Waals surface area (Å²) in [5, 5.41) is 14.4. The summed E-state index contributed by atoms with van der Waals surface area (Å²) in [5.74, 6) is 0.163. The third-order valence-electron chi connectivity index (χ3n) is 3.27. The summed E-state index contributed by atoms with van der Waals surface area (Å²) in [4.78, 5) is 21.8. The van der Waals surface area contributed by atoms with Gasteiger partial charge in [-0.3, -0.25) is 14.9 Å². The maximum Gasteiger partial charge on any atom is 0.277 e. The Morgan fingerprint density at radius 2 is 2.04 bits per heavy atom. The summed E-state index contributed by atoms with van der Waals surface area (Å²) in [5.41, 5.74) is 4.12. The van der Waals surface area contributed by atoms with E-state index in [1.807, 2.05) is 12.1 Å². The molecule has 2 rings (SSSR count). The Morgan fingerprint density at radius 3 is 2.64 bits per heavy atom. The maximum atomic E-state index is 11.7. The number of carbonyl (C=O) groups excluding carboxylic acids is 1. The zero-order valence-corrected chi connectivity index (χ0v) is 15.0. The van der Waals surface area contributed by atoms with Crippen LogP contribution in [0.5, 0.6) is 5.75 Å². The molecule has 1 N–H and O–H groups in total. The fourth-order valence-electron chi connectivity index (χ4n) is 1.92. The molecule has 0 atom stereocenters. The minimum absolute atomic E-state index is 0.00532. The number of ether oxygens (including phenoxy) is 1. The van der Waals surface area contributed by atoms with E-state index in [1.54, 1.807) is 6.07 Å². The second-order valence-corrected chi connectivity index (χ2v) is 5.90. The van der Waals surface area contributed by atoms with E-state index in [2.05, 4.69) is 33.4 Å². The molecule has 0 saturated heterocycles. The van der Waals surface area contributed by atoms with E-state index in [9.17, 15) is 14.9 Å². The predicted octanol–water partition coefficient (Wildman–Crippen LogP) is 3.45. The Balaban J connectivity index is 1.83. The highest BCUT2D eigenvalue weighted by Gasteiger charge is 2.06. The van der Waals surface area contributed by atoms with Crippen LogP contribution in [0.2, 0.25) is 0 Å². The molecule has 0 radical (unpaired) electrons. The number of nitrogens with one attached hydrogen (secondary N) is 1. The van der Waals surface area contributed by atoms with Gasteiger partial charge in [0.05, 0.1) is 15.6 Å². The van der Waals surface area contributed by atoms with Crippen molar-refractivity contribution in [2.24, 2.45) is 5.10 Å². The van der Waals surface area contributed by atoms with Gasteiger partial charge in [-0.25, -0.2) is 5.43 Å². The third kappa shape index (κ3) is 5.68. The molecule has 0 heterocycles. The third-order valence-corrected chi connectivity index (χ3v) is 3.89. The van der Waals surface area contributed by atoms with Gasteiger partial charge in [0.25, 0.3) is 11.6 Å². The first-order valence-corrected chi connectivity index (χ1v) is 8.26. The maximum absolute atomic E-state index is 11.7. The Labute approximate surface area is 153 Å². The van der Waals surface area contributed by atoms with E-state index in [0.717, 1.165) is 16.5 Å². The van der Waals surface area contributed by atoms with Gasteiger partial charge >= 0.3 is 0 Å². The number of hydrogen-bond acceptors (Lipinski definition) is 5. The summed E-state index contributed by atoms with van der Waals surface area (Å²) >= 11 is 3.40. The summed E-state index contributed by atoms with van der Waals surface area (Å²) in [6.07, 6.45) is 2.31. The molecule has 2 aromatic rings. The standard InChI is InChI=1S/C17H16BrN3O4/c1-2-12-5-8-16(15(18)9-12)25-11-17(22)20-19-10-13-3-6-14(7-4-13)21(23)24/h3-10H,2,11H2,1H3,(H,20,22)/b19-10+. The zero-order valence-electron chi connectivity index (χ0n) is 13.4. The molecule has 0 bridgehead atoms. The number of halogens is 1. The second-order valence-electron chi connectivity index (χ2n) is 5.05. The van der Waals surface area contributed by atoms with Gasteiger partial charge in [-0.15, -0.1) is 0 Å². The number of non-ortho nitro benzene ring substituents is 1. The Kier molecular flexibility index (Phi) is 6.64. The fourth-order valence-corrected chi connectivity index (χ4v) is 2.46. The van der Waals surface area contributed by atoms with Crippen molar-refractivity contribution < 1.29 is 14.5 Å². The van der Waals surface area contributed by atoms with Crippen molar-refractivity contribution in [3.63, 3.8) is 0 Å². The van der Waals surface area contributed by atoms with Crippen LogP contribution >= 0.6 is 15.9 Å². The molecule has 0 unspecified atom stereocenters. The van der Waals surface area contributed by atoms with Gasteiger partial charge in [-0.1, -0.05) is 13.0 Å². The average Bonchev–Trinajstić information content (AvgIpc) is 2.61. The number of carbonyl (C=O) groups is 1. The highest BCUT2D eigenvalue weighted by Crippen LogP contribution is 2.26. The topological polar surface area (TPSA) is 93.8 Å². The minimum Gasteiger partial charge on any atom is -0.483 e. The molecule has 0 aliphatic heterocycles. The molecule has 0 fully saturated rings. The number of nitro groups is 1. The van der Waals surface area contributed by atoms with Crippen LogP contribution in [0.3, 0.4) is 0 Å². The van der Waals surface area contributed by atoms with E-state index in [1.165, 1.54) is 30.5 Å². The van der Waals surface area contributed by atoms with Crippen LogP contribution in [-0.2, 0) is 11.2 Å². The molecule has 7 nitrogen and oxygen atoms in total. The van der Waals surface area contributed by atoms with Gasteiger partial charge in [0, 0.05) is 12.1 Å². The van der Waals surface area contributed by atoms with E-state index in [4.69, 9.17) is 4.74 Å². The lowest BCUT2D eigenvalue weighted by atomic mass is 10.2. The molecule has 0 aliphatic carbocycles. The molecule has 2 aromatic carbocycles. The smallest absolute Gasteiger partial charge is 0.277 e. The number of nitro benzene ring substituents is 1. The lowest BCUT2D eigenvalue weighted by Gasteiger charge is -2.08. The van der Waals surface area contributed by atoms with E-state index >= 15 is 0 Å². The number of rotatable bonds is 7. The summed E-state index contributed by atoms with van der Waals surface area (Å²) in [6, 6.07) is 11.5. The number of nitrogens with zero attached hydrogens (tertiary/aromatic N) is 2. The summed E-state index contributed by atoms with van der Waals surface area (Å²) < 4.78 is 6.22. The van der Waals surface area contributed by atoms with Crippen LogP contribution in [0.15, 0.2) is 52.0 Å². The molecule has 0 spiro atoms. The number of benzene rings is 2. The molecule has 8 heteroatoms. The first-order chi connectivity index (χ1) is 12.0. The van der Waals surface area contributed by atoms with Crippen molar-refractivity contribution in [1.29, 1.82) is 0 Å². The molecular formula is C17H16BrN3O4. The first kappa shape index (κ1) is 18.6. The fraction of sp³-hybridized carbons (Fsp3) is 0.176. The molecule has 0 aliphatic rings. The van der Waals surface area contributed by atoms with Gasteiger partial charge in [0.2, 0.25) is 0 Å². The number of hydrogen-bond donors (Lipinski definition) is 1.